The van der Waals surface area contributed by atoms with E-state index in [9.17, 15) is 38.4 Å². The monoisotopic (exact) mass is 1960 g/mol. The number of para-hydroxylation sites is 4. The van der Waals surface area contributed by atoms with Crippen LogP contribution in [0.4, 0.5) is 23.8 Å². The number of nitrogens with zero attached hydrogens (tertiary/aromatic N) is 12. The number of amides is 8. The summed E-state index contributed by atoms with van der Waals surface area (Å²) in [7, 11) is 0. The molecule has 26 nitrogen and oxygen atoms in total. The van der Waals surface area contributed by atoms with E-state index in [1.807, 2.05) is 180 Å². The second kappa shape index (κ2) is 40.7. The minimum atomic E-state index is -0.159. The maximum Gasteiger partial charge on any atom is 0.268 e. The van der Waals surface area contributed by atoms with Gasteiger partial charge in [-0.25, -0.2) is 19.9 Å². The van der Waals surface area contributed by atoms with E-state index < -0.39 is 0 Å². The number of carbonyl (C=O) groups excluding carboxylic acids is 8. The number of rotatable bonds is 23. The third-order valence-electron chi connectivity index (χ3n) is 31.3. The van der Waals surface area contributed by atoms with Gasteiger partial charge >= 0.3 is 0 Å². The quantitative estimate of drug-likeness (QED) is 0.0325. The molecule has 21 rings (SSSR count). The molecular formula is C115H132N18O8S2. The largest absolute Gasteiger partial charge is 0.339 e. The average Bonchev–Trinajstić information content (AvgIpc) is 1.59. The number of aromatic nitrogens is 8. The summed E-state index contributed by atoms with van der Waals surface area (Å²) in [5.41, 5.74) is 15.3. The minimum absolute atomic E-state index is 0.0106. The molecule has 8 fully saturated rings. The fourth-order valence-corrected chi connectivity index (χ4v) is 24.1. The first-order valence-electron chi connectivity index (χ1n) is 50.2. The molecular weight excluding hydrogens is 1830 g/mol. The number of aryl methyl sites for hydroxylation is 3. The zero-order chi connectivity index (χ0) is 101. The summed E-state index contributed by atoms with van der Waals surface area (Å²) in [5.74, 6) is 1.82. The predicted octanol–water partition coefficient (Wildman–Crippen LogP) is 21.9. The van der Waals surface area contributed by atoms with Crippen molar-refractivity contribution in [3.8, 4) is 10.4 Å². The SMILES string of the molecule is C=CC(=O)N1CCC2(CC(n3c(NC(=O)c4ccc(-c5ccccc5)s4)nc4ccccc43)C2)C1.C=CC(=O)N1CCC2(CC(n3c(NC(=O)c4ccc(C)s4)nc4ccccc43)C2)C1.C=CC(=O)N1CCC2(CC(n3c(NC(=O)c4cccc(C)c4)nc4cc(CN[C@@H](C)C(C)(C)C)ccc43)C2)C1.C=CC(=O)N1CCC2(CC(n3c(NC(=O)c4cccc(C)c4)nc4cc(CN[C@@H](C)C(C)(C)C)ccc43)C2)C1. The van der Waals surface area contributed by atoms with Gasteiger partial charge in [0, 0.05) is 123 Å². The molecule has 4 spiro atoms. The Balaban J connectivity index is 0.000000126. The number of hydrogen-bond donors (Lipinski definition) is 6. The number of likely N-dealkylation sites (tertiary alicyclic amines) is 4. The summed E-state index contributed by atoms with van der Waals surface area (Å²) in [5, 5.41) is 19.6. The van der Waals surface area contributed by atoms with E-state index in [0.29, 0.717) is 56.8 Å². The van der Waals surface area contributed by atoms with Crippen LogP contribution in [0.3, 0.4) is 0 Å². The third kappa shape index (κ3) is 21.3. The molecule has 4 saturated heterocycles. The first-order chi connectivity index (χ1) is 68.5. The van der Waals surface area contributed by atoms with Crippen molar-refractivity contribution in [2.24, 2.45) is 32.5 Å². The molecule has 0 bridgehead atoms. The topological polar surface area (TPSA) is 293 Å². The lowest BCUT2D eigenvalue weighted by molar-refractivity contribution is -0.126. The van der Waals surface area contributed by atoms with Crippen LogP contribution < -0.4 is 31.9 Å². The Morgan fingerprint density at radius 2 is 0.692 bits per heavy atom. The van der Waals surface area contributed by atoms with Crippen LogP contribution >= 0.6 is 22.7 Å². The first-order valence-corrected chi connectivity index (χ1v) is 51.8. The van der Waals surface area contributed by atoms with Gasteiger partial charge in [0.1, 0.15) is 0 Å². The molecule has 8 amide bonds. The maximum absolute atomic E-state index is 13.2. The van der Waals surface area contributed by atoms with Crippen molar-refractivity contribution < 1.29 is 38.4 Å². The van der Waals surface area contributed by atoms with Crippen molar-refractivity contribution in [2.75, 3.05) is 73.6 Å². The lowest BCUT2D eigenvalue weighted by Crippen LogP contribution is -2.42. The summed E-state index contributed by atoms with van der Waals surface area (Å²) >= 11 is 2.96. The van der Waals surface area contributed by atoms with Crippen LogP contribution in [0.1, 0.15) is 224 Å². The second-order valence-electron chi connectivity index (χ2n) is 43.4. The fraction of sp³-hybridized carbons (Fsp3) is 0.391. The predicted molar refractivity (Wildman–Crippen MR) is 572 cm³/mol. The van der Waals surface area contributed by atoms with Gasteiger partial charge < -0.3 is 48.5 Å². The number of imidazole rings is 4. The van der Waals surface area contributed by atoms with Gasteiger partial charge in [0.25, 0.3) is 23.6 Å². The molecule has 742 valence electrons. The fourth-order valence-electron chi connectivity index (χ4n) is 22.4. The number of anilines is 4. The Labute approximate surface area is 845 Å². The highest BCUT2D eigenvalue weighted by atomic mass is 32.1. The molecule has 6 aromatic heterocycles. The highest BCUT2D eigenvalue weighted by molar-refractivity contribution is 7.17. The van der Waals surface area contributed by atoms with Crippen LogP contribution in [0.2, 0.25) is 0 Å². The summed E-state index contributed by atoms with van der Waals surface area (Å²) in [6.07, 6.45) is 17.4. The van der Waals surface area contributed by atoms with Crippen molar-refractivity contribution in [3.05, 3.63) is 287 Å². The summed E-state index contributed by atoms with van der Waals surface area (Å²) in [6.45, 7) is 46.1. The molecule has 0 unspecified atom stereocenters. The molecule has 4 saturated carbocycles. The number of carbonyl (C=O) groups is 8. The van der Waals surface area contributed by atoms with Crippen molar-refractivity contribution in [1.82, 2.24) is 68.4 Å². The van der Waals surface area contributed by atoms with E-state index in [1.165, 1.54) is 58.1 Å². The van der Waals surface area contributed by atoms with E-state index in [-0.39, 0.29) is 104 Å². The zero-order valence-corrected chi connectivity index (χ0v) is 85.6. The van der Waals surface area contributed by atoms with Crippen molar-refractivity contribution >= 4 is 138 Å². The van der Waals surface area contributed by atoms with Crippen LogP contribution in [0.15, 0.2) is 239 Å². The Bertz CT molecular complexity index is 6860. The standard InChI is InChI=1S/2C32H41N5O2.C28H26N4O2S.C23H24N4O2S/c2*1-7-28(38)36-14-13-32(20-36)17-25(18-32)37-27-12-11-23(19-33-22(3)31(4,5)6)16-26(27)34-30(37)35-29(39)24-10-8-9-21(2)15-24;1-2-25(33)31-15-14-28(18-31)16-20(17-28)32-22-11-7-6-10-21(22)29-27(32)30-26(34)24-13-12-23(35-24)19-8-4-3-5-9-19;1-3-20(28)26-11-10-23(14-26)12-16(13-23)27-18-7-5-4-6-17(18)24-22(27)25-21(29)19-9-8-15(2)30-19/h2*7-12,15-16,22,25,33H,1,13-14,17-20H2,2-6H3,(H,34,35,39);2-13,20H,1,14-18H2,(H,29,30,34);3-9,16H,1,10-14H2,2H3,(H,24,25,29)/t2*22-,25?,32?;;/m00../s1. The van der Waals surface area contributed by atoms with E-state index in [1.54, 1.807) is 0 Å². The van der Waals surface area contributed by atoms with Crippen molar-refractivity contribution in [3.63, 3.8) is 0 Å². The Morgan fingerprint density at radius 3 is 1.03 bits per heavy atom. The van der Waals surface area contributed by atoms with E-state index in [0.717, 1.165) is 213 Å². The molecule has 28 heteroatoms. The molecule has 8 aliphatic rings. The molecule has 7 aromatic carbocycles. The molecule has 4 aliphatic heterocycles. The smallest absolute Gasteiger partial charge is 0.268 e. The first kappa shape index (κ1) is 99.6. The van der Waals surface area contributed by atoms with Gasteiger partial charge in [-0.05, 0) is 282 Å². The molecule has 143 heavy (non-hydrogen) atoms. The maximum atomic E-state index is 13.2. The Morgan fingerprint density at radius 1 is 0.371 bits per heavy atom. The van der Waals surface area contributed by atoms with Crippen molar-refractivity contribution in [2.45, 2.75) is 203 Å². The van der Waals surface area contributed by atoms with Gasteiger partial charge in [-0.15, -0.1) is 22.7 Å². The molecule has 10 heterocycles. The van der Waals surface area contributed by atoms with Gasteiger partial charge in [0.05, 0.1) is 53.9 Å². The summed E-state index contributed by atoms with van der Waals surface area (Å²) in [6, 6.07) is 63.5. The average molecular weight is 1960 g/mol. The van der Waals surface area contributed by atoms with E-state index in [2.05, 4.69) is 180 Å². The Kier molecular flexibility index (Phi) is 28.3. The zero-order valence-electron chi connectivity index (χ0n) is 84.0. The molecule has 0 radical (unpaired) electrons. The number of fused-ring (bicyclic) bond motifs is 4. The van der Waals surface area contributed by atoms with Gasteiger partial charge in [0.15, 0.2) is 0 Å². The summed E-state index contributed by atoms with van der Waals surface area (Å²) < 4.78 is 8.78. The van der Waals surface area contributed by atoms with Crippen molar-refractivity contribution in [1.29, 1.82) is 0 Å². The Hall–Kier alpha value is -13.5. The molecule has 6 N–H and O–H groups in total. The number of nitrogens with one attached hydrogen (secondary N) is 6. The van der Waals surface area contributed by atoms with Crippen LogP contribution in [0, 0.1) is 53.3 Å². The van der Waals surface area contributed by atoms with Crippen LogP contribution in [0.5, 0.6) is 0 Å². The lowest BCUT2D eigenvalue weighted by atomic mass is 9.64. The van der Waals surface area contributed by atoms with E-state index >= 15 is 0 Å². The van der Waals surface area contributed by atoms with Gasteiger partial charge in [-0.3, -0.25) is 59.6 Å². The molecule has 4 aliphatic carbocycles. The normalized spacial score (nSPS) is 21.8. The molecule has 2 atom stereocenters. The van der Waals surface area contributed by atoms with E-state index in [4.69, 9.17) is 19.9 Å². The van der Waals surface area contributed by atoms with Crippen LogP contribution in [0.25, 0.3) is 54.6 Å². The number of benzene rings is 7. The number of thiophene rings is 2. The third-order valence-corrected chi connectivity index (χ3v) is 33.5. The van der Waals surface area contributed by atoms with Crippen LogP contribution in [-0.2, 0) is 32.3 Å². The summed E-state index contributed by atoms with van der Waals surface area (Å²) in [4.78, 5) is 131. The minimum Gasteiger partial charge on any atom is -0.339 e. The van der Waals surface area contributed by atoms with Gasteiger partial charge in [0.2, 0.25) is 47.4 Å². The molecule has 13 aromatic rings. The number of hydrogen-bond acceptors (Lipinski definition) is 16. The second-order valence-corrected chi connectivity index (χ2v) is 45.8. The highest BCUT2D eigenvalue weighted by Crippen LogP contribution is 2.60. The van der Waals surface area contributed by atoms with Gasteiger partial charge in [-0.2, -0.15) is 0 Å². The highest BCUT2D eigenvalue weighted by Gasteiger charge is 2.55. The van der Waals surface area contributed by atoms with Gasteiger partial charge in [-0.1, -0.05) is 170 Å². The lowest BCUT2D eigenvalue weighted by Gasteiger charge is -2.46. The van der Waals surface area contributed by atoms with Crippen LogP contribution in [-0.4, -0.2) is 170 Å².